The molecule has 0 bridgehead atoms. The molecule has 1 atom stereocenters. The van der Waals surface area contributed by atoms with Gasteiger partial charge in [0.15, 0.2) is 0 Å². The third-order valence-electron chi connectivity index (χ3n) is 6.02. The summed E-state index contributed by atoms with van der Waals surface area (Å²) in [5.41, 5.74) is 9.24. The Balaban J connectivity index is 1.33. The number of phenols is 1. The van der Waals surface area contributed by atoms with Crippen molar-refractivity contribution in [2.75, 3.05) is 26.2 Å². The Labute approximate surface area is 197 Å². The second-order valence-corrected chi connectivity index (χ2v) is 9.38. The zero-order chi connectivity index (χ0) is 22.8. The largest absolute Gasteiger partial charge is 0.508 e. The van der Waals surface area contributed by atoms with Crippen molar-refractivity contribution in [3.05, 3.63) is 83.9 Å². The maximum atomic E-state index is 13.0. The summed E-state index contributed by atoms with van der Waals surface area (Å²) < 4.78 is 0. The van der Waals surface area contributed by atoms with Crippen LogP contribution in [-0.2, 0) is 11.2 Å². The van der Waals surface area contributed by atoms with Crippen LogP contribution >= 0.6 is 11.8 Å². The minimum atomic E-state index is -0.536. The number of amidine groups is 1. The predicted molar refractivity (Wildman–Crippen MR) is 131 cm³/mol. The smallest absolute Gasteiger partial charge is 0.239 e. The van der Waals surface area contributed by atoms with Crippen LogP contribution in [0.2, 0.25) is 0 Å². The highest BCUT2D eigenvalue weighted by molar-refractivity contribution is 7.99. The minimum absolute atomic E-state index is 0.00177. The highest BCUT2D eigenvalue weighted by atomic mass is 32.2. The third kappa shape index (κ3) is 4.60. The van der Waals surface area contributed by atoms with E-state index in [4.69, 9.17) is 10.7 Å². The molecule has 0 radical (unpaired) electrons. The molecule has 0 spiro atoms. The first-order valence-electron chi connectivity index (χ1n) is 11.1. The van der Waals surface area contributed by atoms with Gasteiger partial charge in [-0.2, -0.15) is 0 Å². The fourth-order valence-electron chi connectivity index (χ4n) is 4.28. The highest BCUT2D eigenvalue weighted by Gasteiger charge is 2.29. The average molecular weight is 459 g/mol. The van der Waals surface area contributed by atoms with Crippen molar-refractivity contribution in [1.82, 2.24) is 9.80 Å². The summed E-state index contributed by atoms with van der Waals surface area (Å²) in [5, 5.41) is 9.94. The summed E-state index contributed by atoms with van der Waals surface area (Å²) in [4.78, 5) is 24.1. The van der Waals surface area contributed by atoms with Crippen molar-refractivity contribution in [1.29, 1.82) is 0 Å². The summed E-state index contributed by atoms with van der Waals surface area (Å²) in [7, 11) is 0. The number of piperazine rings is 1. The van der Waals surface area contributed by atoms with E-state index >= 15 is 0 Å². The number of benzene rings is 3. The molecule has 3 aromatic carbocycles. The molecule has 1 fully saturated rings. The number of carbonyl (C=O) groups excluding carboxylic acids is 1. The molecule has 0 saturated carbocycles. The number of aromatic hydroxyl groups is 1. The number of aliphatic imine (C=N–C) groups is 1. The van der Waals surface area contributed by atoms with Gasteiger partial charge < -0.3 is 20.6 Å². The van der Waals surface area contributed by atoms with Gasteiger partial charge in [-0.05, 0) is 36.2 Å². The quantitative estimate of drug-likeness (QED) is 0.626. The van der Waals surface area contributed by atoms with Crippen molar-refractivity contribution >= 4 is 29.2 Å². The molecule has 3 N–H and O–H groups in total. The Kier molecular flexibility index (Phi) is 6.07. The van der Waals surface area contributed by atoms with E-state index in [1.165, 1.54) is 0 Å². The van der Waals surface area contributed by atoms with Crippen molar-refractivity contribution < 1.29 is 9.90 Å². The molecule has 33 heavy (non-hydrogen) atoms. The van der Waals surface area contributed by atoms with Gasteiger partial charge in [0.25, 0.3) is 0 Å². The Morgan fingerprint density at radius 3 is 2.48 bits per heavy atom. The maximum absolute atomic E-state index is 13.0. The standard InChI is InChI=1S/C26H26N4O2S/c27-21(16-18-6-2-1-3-7-18)26(32)30-14-12-29(13-15-30)25-20-8-4-5-9-23(20)33-24-17-19(31)10-11-22(24)28-25/h1-11,17,21,31H,12-16,27H2. The zero-order valence-corrected chi connectivity index (χ0v) is 19.0. The van der Waals surface area contributed by atoms with Crippen LogP contribution in [0.4, 0.5) is 5.69 Å². The van der Waals surface area contributed by atoms with E-state index in [-0.39, 0.29) is 11.7 Å². The number of phenolic OH excluding ortho intramolecular Hbond substituents is 1. The van der Waals surface area contributed by atoms with Crippen molar-refractivity contribution in [2.24, 2.45) is 10.7 Å². The Hall–Kier alpha value is -3.29. The van der Waals surface area contributed by atoms with E-state index in [2.05, 4.69) is 17.0 Å². The molecule has 7 heteroatoms. The van der Waals surface area contributed by atoms with Gasteiger partial charge in [-0.25, -0.2) is 4.99 Å². The van der Waals surface area contributed by atoms with Crippen LogP contribution in [0.5, 0.6) is 5.75 Å². The summed E-state index contributed by atoms with van der Waals surface area (Å²) >= 11 is 1.61. The van der Waals surface area contributed by atoms with Crippen LogP contribution in [-0.4, -0.2) is 58.9 Å². The van der Waals surface area contributed by atoms with Gasteiger partial charge in [-0.3, -0.25) is 4.79 Å². The molecule has 1 saturated heterocycles. The van der Waals surface area contributed by atoms with Crippen LogP contribution in [0.1, 0.15) is 11.1 Å². The van der Waals surface area contributed by atoms with Gasteiger partial charge in [0.2, 0.25) is 5.91 Å². The first kappa shape index (κ1) is 21.6. The van der Waals surface area contributed by atoms with E-state index < -0.39 is 6.04 Å². The predicted octanol–water partition coefficient (Wildman–Crippen LogP) is 3.65. The summed E-state index contributed by atoms with van der Waals surface area (Å²) in [5.74, 6) is 1.14. The number of amides is 1. The van der Waals surface area contributed by atoms with Crippen LogP contribution in [0, 0.1) is 0 Å². The lowest BCUT2D eigenvalue weighted by Crippen LogP contribution is -2.54. The zero-order valence-electron chi connectivity index (χ0n) is 18.2. The van der Waals surface area contributed by atoms with Crippen LogP contribution in [0.25, 0.3) is 0 Å². The number of rotatable bonds is 3. The molecule has 1 unspecified atom stereocenters. The van der Waals surface area contributed by atoms with Gasteiger partial charge in [0.05, 0.1) is 11.7 Å². The van der Waals surface area contributed by atoms with Gasteiger partial charge in [-0.15, -0.1) is 0 Å². The van der Waals surface area contributed by atoms with Gasteiger partial charge in [0.1, 0.15) is 11.6 Å². The first-order chi connectivity index (χ1) is 16.1. The molecule has 6 nitrogen and oxygen atoms in total. The lowest BCUT2D eigenvalue weighted by atomic mass is 10.1. The average Bonchev–Trinajstić information content (AvgIpc) is 3.00. The molecule has 3 aromatic rings. The lowest BCUT2D eigenvalue weighted by molar-refractivity contribution is -0.133. The molecular weight excluding hydrogens is 432 g/mol. The van der Waals surface area contributed by atoms with Gasteiger partial charge >= 0.3 is 0 Å². The van der Waals surface area contributed by atoms with E-state index in [1.807, 2.05) is 53.4 Å². The lowest BCUT2D eigenvalue weighted by Gasteiger charge is -2.37. The molecule has 0 aliphatic carbocycles. The molecule has 5 rings (SSSR count). The van der Waals surface area contributed by atoms with E-state index in [1.54, 1.807) is 23.9 Å². The summed E-state index contributed by atoms with van der Waals surface area (Å²) in [6, 6.07) is 22.8. The van der Waals surface area contributed by atoms with Crippen molar-refractivity contribution in [3.63, 3.8) is 0 Å². The topological polar surface area (TPSA) is 82.2 Å². The highest BCUT2D eigenvalue weighted by Crippen LogP contribution is 2.42. The van der Waals surface area contributed by atoms with Crippen LogP contribution in [0.3, 0.4) is 0 Å². The second kappa shape index (κ2) is 9.29. The molecule has 2 aliphatic rings. The molecule has 0 aromatic heterocycles. The molecule has 2 aliphatic heterocycles. The number of nitrogens with zero attached hydrogens (tertiary/aromatic N) is 3. The second-order valence-electron chi connectivity index (χ2n) is 8.29. The monoisotopic (exact) mass is 458 g/mol. The summed E-state index contributed by atoms with van der Waals surface area (Å²) in [6.45, 7) is 2.60. The number of hydrogen-bond acceptors (Lipinski definition) is 6. The van der Waals surface area contributed by atoms with E-state index in [0.29, 0.717) is 32.6 Å². The maximum Gasteiger partial charge on any atom is 0.239 e. The van der Waals surface area contributed by atoms with Gasteiger partial charge in [-0.1, -0.05) is 60.3 Å². The molecule has 2 heterocycles. The minimum Gasteiger partial charge on any atom is -0.508 e. The fourth-order valence-corrected chi connectivity index (χ4v) is 5.33. The van der Waals surface area contributed by atoms with Crippen LogP contribution in [0.15, 0.2) is 87.6 Å². The first-order valence-corrected chi connectivity index (χ1v) is 11.9. The van der Waals surface area contributed by atoms with Gasteiger partial charge in [0, 0.05) is 41.5 Å². The molecular formula is C26H26N4O2S. The summed E-state index contributed by atoms with van der Waals surface area (Å²) in [6.07, 6.45) is 0.542. The van der Waals surface area contributed by atoms with Crippen molar-refractivity contribution in [3.8, 4) is 5.75 Å². The number of nitrogens with two attached hydrogens (primary N) is 1. The van der Waals surface area contributed by atoms with E-state index in [9.17, 15) is 9.90 Å². The Bertz CT molecular complexity index is 1190. The number of carbonyl (C=O) groups is 1. The SMILES string of the molecule is NC(Cc1ccccc1)C(=O)N1CCN(C2=Nc3ccc(O)cc3Sc3ccccc32)CC1. The molecule has 1 amide bonds. The van der Waals surface area contributed by atoms with Crippen molar-refractivity contribution in [2.45, 2.75) is 22.3 Å². The van der Waals surface area contributed by atoms with Crippen LogP contribution < -0.4 is 5.73 Å². The number of hydrogen-bond donors (Lipinski definition) is 2. The third-order valence-corrected chi connectivity index (χ3v) is 7.15. The Morgan fingerprint density at radius 1 is 0.970 bits per heavy atom. The normalized spacial score (nSPS) is 16.3. The molecule has 168 valence electrons. The number of fused-ring (bicyclic) bond motifs is 2. The fraction of sp³-hybridized carbons (Fsp3) is 0.231. The Morgan fingerprint density at radius 2 is 1.70 bits per heavy atom. The van der Waals surface area contributed by atoms with E-state index in [0.717, 1.165) is 32.4 Å².